The number of aromatic carboxylic acids is 1. The molecule has 0 amide bonds. The molecule has 0 aliphatic rings. The maximum atomic E-state index is 10.9. The van der Waals surface area contributed by atoms with Crippen LogP contribution in [0.5, 0.6) is 5.88 Å². The number of hydrogen-bond donors (Lipinski definition) is 1. The van der Waals surface area contributed by atoms with Gasteiger partial charge in [0, 0.05) is 12.4 Å². The van der Waals surface area contributed by atoms with E-state index >= 15 is 0 Å². The Morgan fingerprint density at radius 2 is 2.12 bits per heavy atom. The number of aromatic nitrogens is 2. The van der Waals surface area contributed by atoms with Crippen molar-refractivity contribution in [2.45, 2.75) is 6.92 Å². The van der Waals surface area contributed by atoms with Gasteiger partial charge >= 0.3 is 5.97 Å². The van der Waals surface area contributed by atoms with E-state index in [0.29, 0.717) is 11.6 Å². The Bertz CT molecular complexity index is 566. The summed E-state index contributed by atoms with van der Waals surface area (Å²) in [4.78, 5) is 20.2. The van der Waals surface area contributed by atoms with Crippen LogP contribution in [0.3, 0.4) is 0 Å². The van der Waals surface area contributed by atoms with Gasteiger partial charge in [-0.25, -0.2) is 14.8 Å². The maximum absolute atomic E-state index is 10.9. The second kappa shape index (κ2) is 4.50. The molecular formula is C11H10N2O3S. The second-order valence-electron chi connectivity index (χ2n) is 3.34. The first kappa shape index (κ1) is 11.5. The Kier molecular flexibility index (Phi) is 3.06. The minimum absolute atomic E-state index is 0.283. The minimum atomic E-state index is -0.938. The number of carboxylic acid groups (broad SMARTS) is 1. The molecule has 2 heterocycles. The molecular weight excluding hydrogens is 240 g/mol. The fourth-order valence-electron chi connectivity index (χ4n) is 1.45. The molecule has 0 fully saturated rings. The molecule has 5 nitrogen and oxygen atoms in total. The van der Waals surface area contributed by atoms with Crippen molar-refractivity contribution in [3.05, 3.63) is 28.9 Å². The highest BCUT2D eigenvalue weighted by atomic mass is 32.1. The van der Waals surface area contributed by atoms with E-state index in [-0.39, 0.29) is 4.88 Å². The van der Waals surface area contributed by atoms with Crippen molar-refractivity contribution in [2.24, 2.45) is 0 Å². The number of carboxylic acids is 1. The lowest BCUT2D eigenvalue weighted by Gasteiger charge is -2.04. The number of carbonyl (C=O) groups is 1. The second-order valence-corrected chi connectivity index (χ2v) is 4.39. The number of nitrogens with zero attached hydrogens (tertiary/aromatic N) is 2. The van der Waals surface area contributed by atoms with Gasteiger partial charge in [-0.1, -0.05) is 0 Å². The van der Waals surface area contributed by atoms with Gasteiger partial charge in [0.25, 0.3) is 0 Å². The molecule has 88 valence electrons. The molecule has 0 saturated carbocycles. The Morgan fingerprint density at radius 3 is 2.71 bits per heavy atom. The molecule has 1 N–H and O–H groups in total. The van der Waals surface area contributed by atoms with Gasteiger partial charge in [-0.3, -0.25) is 0 Å². The Morgan fingerprint density at radius 1 is 1.41 bits per heavy atom. The summed E-state index contributed by atoms with van der Waals surface area (Å²) in [7, 11) is 1.51. The first-order valence-electron chi connectivity index (χ1n) is 4.82. The van der Waals surface area contributed by atoms with Crippen molar-refractivity contribution >= 4 is 17.3 Å². The van der Waals surface area contributed by atoms with Gasteiger partial charge in [0.05, 0.1) is 12.0 Å². The summed E-state index contributed by atoms with van der Waals surface area (Å²) in [5.74, 6) is -0.540. The van der Waals surface area contributed by atoms with Crippen molar-refractivity contribution in [3.8, 4) is 16.5 Å². The van der Waals surface area contributed by atoms with Gasteiger partial charge in [-0.2, -0.15) is 0 Å². The lowest BCUT2D eigenvalue weighted by atomic mass is 10.2. The number of ether oxygens (including phenoxy) is 1. The largest absolute Gasteiger partial charge is 0.479 e. The number of aryl methyl sites for hydroxylation is 1. The van der Waals surface area contributed by atoms with E-state index in [9.17, 15) is 4.79 Å². The van der Waals surface area contributed by atoms with Crippen LogP contribution in [0.15, 0.2) is 18.5 Å². The molecule has 6 heteroatoms. The molecule has 0 radical (unpaired) electrons. The van der Waals surface area contributed by atoms with Crippen LogP contribution in [0.25, 0.3) is 10.6 Å². The third kappa shape index (κ3) is 2.12. The van der Waals surface area contributed by atoms with E-state index in [1.54, 1.807) is 12.3 Å². The fourth-order valence-corrected chi connectivity index (χ4v) is 2.45. The molecule has 0 atom stereocenters. The Labute approximate surface area is 102 Å². The van der Waals surface area contributed by atoms with Gasteiger partial charge in [-0.15, -0.1) is 11.3 Å². The quantitative estimate of drug-likeness (QED) is 0.904. The monoisotopic (exact) mass is 250 g/mol. The summed E-state index contributed by atoms with van der Waals surface area (Å²) in [5, 5.41) is 8.94. The van der Waals surface area contributed by atoms with Crippen molar-refractivity contribution in [1.29, 1.82) is 0 Å². The third-order valence-electron chi connectivity index (χ3n) is 2.20. The molecule has 0 aliphatic carbocycles. The maximum Gasteiger partial charge on any atom is 0.345 e. The summed E-state index contributed by atoms with van der Waals surface area (Å²) in [6.45, 7) is 1.84. The van der Waals surface area contributed by atoms with Crippen molar-refractivity contribution in [2.75, 3.05) is 7.11 Å². The van der Waals surface area contributed by atoms with Gasteiger partial charge < -0.3 is 9.84 Å². The van der Waals surface area contributed by atoms with Crippen LogP contribution in [-0.2, 0) is 0 Å². The van der Waals surface area contributed by atoms with Crippen LogP contribution in [0.2, 0.25) is 0 Å². The zero-order valence-electron chi connectivity index (χ0n) is 9.30. The highest BCUT2D eigenvalue weighted by Gasteiger charge is 2.17. The summed E-state index contributed by atoms with van der Waals surface area (Å²) in [6, 6.07) is 1.62. The molecule has 17 heavy (non-hydrogen) atoms. The average Bonchev–Trinajstić information content (AvgIpc) is 2.71. The first-order valence-corrected chi connectivity index (χ1v) is 5.64. The SMILES string of the molecule is COc1nccnc1-c1sc(C(=O)O)cc1C. The van der Waals surface area contributed by atoms with Crippen LogP contribution in [0.4, 0.5) is 0 Å². The lowest BCUT2D eigenvalue weighted by Crippen LogP contribution is -1.93. The summed E-state index contributed by atoms with van der Waals surface area (Å²) >= 11 is 1.17. The summed E-state index contributed by atoms with van der Waals surface area (Å²) < 4.78 is 5.11. The van der Waals surface area contributed by atoms with Gasteiger partial charge in [0.1, 0.15) is 10.6 Å². The standard InChI is InChI=1S/C11H10N2O3S/c1-6-5-7(11(14)15)17-9(6)8-10(16-2)13-4-3-12-8/h3-5H,1-2H3,(H,14,15). The normalized spacial score (nSPS) is 10.2. The minimum Gasteiger partial charge on any atom is -0.479 e. The molecule has 0 bridgehead atoms. The first-order chi connectivity index (χ1) is 8.13. The predicted octanol–water partition coefficient (Wildman–Crippen LogP) is 2.22. The summed E-state index contributed by atoms with van der Waals surface area (Å²) in [5.41, 5.74) is 1.43. The van der Waals surface area contributed by atoms with E-state index in [1.165, 1.54) is 24.6 Å². The number of hydrogen-bond acceptors (Lipinski definition) is 5. The van der Waals surface area contributed by atoms with E-state index < -0.39 is 5.97 Å². The van der Waals surface area contributed by atoms with Gasteiger partial charge in [0.2, 0.25) is 5.88 Å². The number of rotatable bonds is 3. The van der Waals surface area contributed by atoms with E-state index in [4.69, 9.17) is 9.84 Å². The van der Waals surface area contributed by atoms with Crippen LogP contribution < -0.4 is 4.74 Å². The molecule has 0 spiro atoms. The Balaban J connectivity index is 2.56. The Hall–Kier alpha value is -1.95. The van der Waals surface area contributed by atoms with Gasteiger partial charge in [-0.05, 0) is 18.6 Å². The van der Waals surface area contributed by atoms with E-state index in [2.05, 4.69) is 9.97 Å². The van der Waals surface area contributed by atoms with E-state index in [0.717, 1.165) is 10.4 Å². The van der Waals surface area contributed by atoms with Crippen LogP contribution in [0.1, 0.15) is 15.2 Å². The van der Waals surface area contributed by atoms with Crippen molar-refractivity contribution in [1.82, 2.24) is 9.97 Å². The van der Waals surface area contributed by atoms with Gasteiger partial charge in [0.15, 0.2) is 0 Å². The molecule has 2 aromatic rings. The molecule has 0 unspecified atom stereocenters. The fraction of sp³-hybridized carbons (Fsp3) is 0.182. The topological polar surface area (TPSA) is 72.3 Å². The van der Waals surface area contributed by atoms with Crippen LogP contribution in [-0.4, -0.2) is 28.2 Å². The zero-order chi connectivity index (χ0) is 12.4. The predicted molar refractivity (Wildman–Crippen MR) is 63.6 cm³/mol. The molecule has 0 saturated heterocycles. The van der Waals surface area contributed by atoms with E-state index in [1.807, 2.05) is 6.92 Å². The van der Waals surface area contributed by atoms with Crippen LogP contribution >= 0.6 is 11.3 Å². The lowest BCUT2D eigenvalue weighted by molar-refractivity contribution is 0.0702. The molecule has 0 aromatic carbocycles. The van der Waals surface area contributed by atoms with Crippen molar-refractivity contribution in [3.63, 3.8) is 0 Å². The molecule has 2 rings (SSSR count). The average molecular weight is 250 g/mol. The number of thiophene rings is 1. The smallest absolute Gasteiger partial charge is 0.345 e. The van der Waals surface area contributed by atoms with Crippen molar-refractivity contribution < 1.29 is 14.6 Å². The molecule has 0 aliphatic heterocycles. The zero-order valence-corrected chi connectivity index (χ0v) is 10.1. The summed E-state index contributed by atoms with van der Waals surface area (Å²) in [6.07, 6.45) is 3.08. The number of methoxy groups -OCH3 is 1. The highest BCUT2D eigenvalue weighted by Crippen LogP contribution is 2.35. The molecule has 2 aromatic heterocycles. The highest BCUT2D eigenvalue weighted by molar-refractivity contribution is 7.17. The third-order valence-corrected chi connectivity index (χ3v) is 3.43. The van der Waals surface area contributed by atoms with Crippen LogP contribution in [0, 0.1) is 6.92 Å².